The van der Waals surface area contributed by atoms with Gasteiger partial charge in [-0.2, -0.15) is 0 Å². The summed E-state index contributed by atoms with van der Waals surface area (Å²) in [7, 11) is 0.758. The SMILES string of the molecule is CC(C)(O)CCCCCc1cccc(C#Cc2ccc(C(C)(C)O[Si]C(C)(C)C)c(C(C)(C)O[Si]C(C)(C)C)c2)c1. The second-order valence-electron chi connectivity index (χ2n) is 15.0. The summed E-state index contributed by atoms with van der Waals surface area (Å²) in [6.07, 6.45) is 5.17. The lowest BCUT2D eigenvalue weighted by molar-refractivity contribution is 0.0681. The van der Waals surface area contributed by atoms with Crippen molar-refractivity contribution in [1.82, 2.24) is 0 Å². The topological polar surface area (TPSA) is 38.7 Å². The van der Waals surface area contributed by atoms with Crippen molar-refractivity contribution in [1.29, 1.82) is 0 Å². The predicted octanol–water partition coefficient (Wildman–Crippen LogP) is 9.14. The van der Waals surface area contributed by atoms with Crippen LogP contribution in [0, 0.1) is 11.8 Å². The van der Waals surface area contributed by atoms with Crippen LogP contribution in [-0.4, -0.2) is 30.2 Å². The van der Waals surface area contributed by atoms with Gasteiger partial charge in [0.05, 0.1) is 16.8 Å². The van der Waals surface area contributed by atoms with Gasteiger partial charge in [0.15, 0.2) is 0 Å². The van der Waals surface area contributed by atoms with E-state index in [4.69, 9.17) is 8.85 Å². The molecular weight excluding hydrogens is 537 g/mol. The van der Waals surface area contributed by atoms with Gasteiger partial charge in [-0.3, -0.25) is 0 Å². The normalized spacial score (nSPS) is 13.2. The molecule has 0 aliphatic carbocycles. The van der Waals surface area contributed by atoms with Crippen molar-refractivity contribution in [2.24, 2.45) is 0 Å². The molecule has 0 aliphatic rings. The van der Waals surface area contributed by atoms with Gasteiger partial charge in [0, 0.05) is 11.1 Å². The first-order valence-corrected chi connectivity index (χ1v) is 16.9. The quantitative estimate of drug-likeness (QED) is 0.152. The van der Waals surface area contributed by atoms with Crippen molar-refractivity contribution in [2.75, 3.05) is 0 Å². The maximum atomic E-state index is 9.92. The fourth-order valence-corrected chi connectivity index (χ4v) is 5.67. The van der Waals surface area contributed by atoms with Gasteiger partial charge in [0.25, 0.3) is 0 Å². The summed E-state index contributed by atoms with van der Waals surface area (Å²) in [6.45, 7) is 25.7. The number of hydrogen-bond donors (Lipinski definition) is 1. The van der Waals surface area contributed by atoms with E-state index in [2.05, 4.69) is 124 Å². The number of aliphatic hydroxyl groups is 1. The van der Waals surface area contributed by atoms with Crippen LogP contribution in [0.25, 0.3) is 0 Å². The number of aryl methyl sites for hydroxylation is 1. The van der Waals surface area contributed by atoms with Crippen LogP contribution in [0.4, 0.5) is 0 Å². The predicted molar refractivity (Wildman–Crippen MR) is 176 cm³/mol. The summed E-state index contributed by atoms with van der Waals surface area (Å²) in [5.74, 6) is 6.84. The molecule has 2 aromatic rings. The largest absolute Gasteiger partial charge is 0.408 e. The van der Waals surface area contributed by atoms with Gasteiger partial charge >= 0.3 is 0 Å². The third-order valence-corrected chi connectivity index (χ3v) is 9.02. The summed E-state index contributed by atoms with van der Waals surface area (Å²) in [4.78, 5) is 0. The van der Waals surface area contributed by atoms with E-state index >= 15 is 0 Å². The Morgan fingerprint density at radius 2 is 1.17 bits per heavy atom. The van der Waals surface area contributed by atoms with Gasteiger partial charge in [-0.15, -0.1) is 0 Å². The molecule has 41 heavy (non-hydrogen) atoms. The molecule has 224 valence electrons. The molecule has 3 nitrogen and oxygen atoms in total. The van der Waals surface area contributed by atoms with Crippen molar-refractivity contribution in [3.63, 3.8) is 0 Å². The highest BCUT2D eigenvalue weighted by molar-refractivity contribution is 6.32. The fraction of sp³-hybridized carbons (Fsp3) is 0.611. The summed E-state index contributed by atoms with van der Waals surface area (Å²) in [5, 5.41) is 10.1. The van der Waals surface area contributed by atoms with Crippen LogP contribution >= 0.6 is 0 Å². The van der Waals surface area contributed by atoms with E-state index in [0.717, 1.165) is 54.4 Å². The minimum Gasteiger partial charge on any atom is -0.408 e. The summed E-state index contributed by atoms with van der Waals surface area (Å²) in [5.41, 5.74) is 4.08. The van der Waals surface area contributed by atoms with Crippen molar-refractivity contribution in [3.05, 3.63) is 70.3 Å². The lowest BCUT2D eigenvalue weighted by Crippen LogP contribution is -2.34. The van der Waals surface area contributed by atoms with Crippen molar-refractivity contribution >= 4 is 19.5 Å². The van der Waals surface area contributed by atoms with E-state index < -0.39 is 16.8 Å². The highest BCUT2D eigenvalue weighted by Crippen LogP contribution is 2.38. The molecule has 0 spiro atoms. The molecule has 0 atom stereocenters. The zero-order chi connectivity index (χ0) is 31.1. The zero-order valence-electron chi connectivity index (χ0n) is 27.8. The molecule has 4 radical (unpaired) electrons. The first-order chi connectivity index (χ1) is 18.7. The van der Waals surface area contributed by atoms with Gasteiger partial charge in [-0.1, -0.05) is 84.4 Å². The zero-order valence-corrected chi connectivity index (χ0v) is 29.8. The third-order valence-electron chi connectivity index (χ3n) is 6.57. The van der Waals surface area contributed by atoms with Crippen LogP contribution in [0.15, 0.2) is 42.5 Å². The molecule has 0 unspecified atom stereocenters. The lowest BCUT2D eigenvalue weighted by Gasteiger charge is -2.37. The summed E-state index contributed by atoms with van der Waals surface area (Å²) < 4.78 is 13.1. The highest BCUT2D eigenvalue weighted by Gasteiger charge is 2.34. The Morgan fingerprint density at radius 1 is 0.634 bits per heavy atom. The molecule has 5 heteroatoms. The monoisotopic (exact) mass is 590 g/mol. The molecule has 0 saturated carbocycles. The minimum atomic E-state index is -0.572. The molecule has 0 fully saturated rings. The van der Waals surface area contributed by atoms with E-state index in [1.54, 1.807) is 0 Å². The maximum absolute atomic E-state index is 9.92. The van der Waals surface area contributed by atoms with Gasteiger partial charge < -0.3 is 14.0 Å². The van der Waals surface area contributed by atoms with Crippen molar-refractivity contribution in [3.8, 4) is 11.8 Å². The molecule has 0 saturated heterocycles. The van der Waals surface area contributed by atoms with Gasteiger partial charge in [-0.25, -0.2) is 0 Å². The van der Waals surface area contributed by atoms with Crippen LogP contribution in [0.3, 0.4) is 0 Å². The van der Waals surface area contributed by atoms with E-state index in [9.17, 15) is 5.11 Å². The molecule has 2 rings (SSSR count). The van der Waals surface area contributed by atoms with Crippen LogP contribution in [0.1, 0.15) is 137 Å². The fourth-order valence-electron chi connectivity index (χ4n) is 4.33. The molecule has 1 N–H and O–H groups in total. The molecule has 0 aromatic heterocycles. The smallest absolute Gasteiger partial charge is 0.236 e. The Labute approximate surface area is 257 Å². The van der Waals surface area contributed by atoms with Crippen LogP contribution in [0.2, 0.25) is 10.1 Å². The van der Waals surface area contributed by atoms with Gasteiger partial charge in [0.1, 0.15) is 0 Å². The Morgan fingerprint density at radius 3 is 1.71 bits per heavy atom. The third kappa shape index (κ3) is 13.4. The first-order valence-electron chi connectivity index (χ1n) is 15.1. The molecule has 0 bridgehead atoms. The Balaban J connectivity index is 2.32. The average Bonchev–Trinajstić information content (AvgIpc) is 2.84. The van der Waals surface area contributed by atoms with Crippen molar-refractivity contribution < 1.29 is 14.0 Å². The number of unbranched alkanes of at least 4 members (excludes halogenated alkanes) is 2. The standard InChI is InChI=1S/C36H54O3Si2/c1-32(2,3)40-38-35(9,10)30-23-22-29(26-31(30)36(11,12)39-41-33(4,5)6)21-20-28-19-16-18-27(25-28)17-14-13-15-24-34(7,8)37/h16,18-19,22-23,25-26,37H,13-15,17,24H2,1-12H3. The second-order valence-corrected chi connectivity index (χ2v) is 18.8. The molecular formula is C36H54O3Si2. The molecule has 0 amide bonds. The van der Waals surface area contributed by atoms with Crippen LogP contribution < -0.4 is 0 Å². The summed E-state index contributed by atoms with van der Waals surface area (Å²) in [6, 6.07) is 15.1. The Kier molecular flexibility index (Phi) is 12.3. The Hall–Kier alpha value is -1.69. The highest BCUT2D eigenvalue weighted by atomic mass is 28.2. The molecule has 0 aliphatic heterocycles. The first kappa shape index (κ1) is 35.5. The van der Waals surface area contributed by atoms with E-state index in [-0.39, 0.29) is 10.1 Å². The summed E-state index contributed by atoms with van der Waals surface area (Å²) >= 11 is 0. The lowest BCUT2D eigenvalue weighted by atomic mass is 9.84. The van der Waals surface area contributed by atoms with E-state index in [0.29, 0.717) is 19.5 Å². The Bertz CT molecular complexity index is 1180. The van der Waals surface area contributed by atoms with Crippen LogP contribution in [-0.2, 0) is 26.5 Å². The maximum Gasteiger partial charge on any atom is 0.236 e. The second kappa shape index (κ2) is 14.2. The van der Waals surface area contributed by atoms with E-state index in [1.165, 1.54) is 5.56 Å². The van der Waals surface area contributed by atoms with E-state index in [1.807, 2.05) is 13.8 Å². The molecule has 0 heterocycles. The average molecular weight is 591 g/mol. The minimum absolute atomic E-state index is 0.0922. The number of rotatable bonds is 12. The van der Waals surface area contributed by atoms with Crippen LogP contribution in [0.5, 0.6) is 0 Å². The van der Waals surface area contributed by atoms with Crippen molar-refractivity contribution in [2.45, 2.75) is 142 Å². The number of hydrogen-bond acceptors (Lipinski definition) is 3. The molecule has 2 aromatic carbocycles. The van der Waals surface area contributed by atoms with Gasteiger partial charge in [0.2, 0.25) is 19.5 Å². The number of benzene rings is 2. The van der Waals surface area contributed by atoms with Gasteiger partial charge in [-0.05, 0) is 112 Å².